The maximum absolute atomic E-state index is 13.2. The van der Waals surface area contributed by atoms with Crippen molar-refractivity contribution in [2.75, 3.05) is 7.11 Å². The number of methoxy groups -OCH3 is 1. The molecule has 0 atom stereocenters. The molecule has 0 aliphatic rings. The lowest BCUT2D eigenvalue weighted by molar-refractivity contribution is -0.136. The van der Waals surface area contributed by atoms with Crippen molar-refractivity contribution in [2.24, 2.45) is 0 Å². The van der Waals surface area contributed by atoms with E-state index >= 15 is 0 Å². The molecule has 0 fully saturated rings. The monoisotopic (exact) mass is 236 g/mol. The molecular formula is C9H7ClF2O3. The fourth-order valence-electron chi connectivity index (χ4n) is 1.16. The molecule has 0 aliphatic heterocycles. The van der Waals surface area contributed by atoms with Crippen LogP contribution < -0.4 is 4.74 Å². The van der Waals surface area contributed by atoms with Crippen molar-refractivity contribution in [1.29, 1.82) is 0 Å². The van der Waals surface area contributed by atoms with E-state index in [4.69, 9.17) is 21.4 Å². The van der Waals surface area contributed by atoms with Crippen molar-refractivity contribution in [3.05, 3.63) is 28.3 Å². The lowest BCUT2D eigenvalue weighted by atomic mass is 10.1. The zero-order valence-electron chi connectivity index (χ0n) is 7.68. The van der Waals surface area contributed by atoms with Gasteiger partial charge in [-0.3, -0.25) is 4.79 Å². The van der Waals surface area contributed by atoms with Crippen LogP contribution >= 0.6 is 11.6 Å². The smallest absolute Gasteiger partial charge is 0.308 e. The largest absolute Gasteiger partial charge is 0.495 e. The number of carbonyl (C=O) groups is 1. The van der Waals surface area contributed by atoms with Crippen LogP contribution in [0.3, 0.4) is 0 Å². The molecule has 0 aromatic heterocycles. The van der Waals surface area contributed by atoms with Crippen LogP contribution in [-0.2, 0) is 11.2 Å². The summed E-state index contributed by atoms with van der Waals surface area (Å²) < 4.78 is 30.8. The Labute approximate surface area is 89.2 Å². The molecule has 0 heterocycles. The summed E-state index contributed by atoms with van der Waals surface area (Å²) in [4.78, 5) is 10.4. The maximum Gasteiger partial charge on any atom is 0.308 e. The quantitative estimate of drug-likeness (QED) is 0.819. The molecule has 82 valence electrons. The average molecular weight is 237 g/mol. The van der Waals surface area contributed by atoms with Crippen molar-refractivity contribution < 1.29 is 23.4 Å². The van der Waals surface area contributed by atoms with Gasteiger partial charge in [0.1, 0.15) is 5.75 Å². The number of hydrogen-bond donors (Lipinski definition) is 1. The Morgan fingerprint density at radius 1 is 1.60 bits per heavy atom. The summed E-state index contributed by atoms with van der Waals surface area (Å²) in [5, 5.41) is 8.35. The van der Waals surface area contributed by atoms with Gasteiger partial charge in [-0.15, -0.1) is 0 Å². The first-order chi connectivity index (χ1) is 6.97. The standard InChI is InChI=1S/C9H7ClF2O3/c1-15-9-4(2-7(13)14)8(12)6(11)3-5(9)10/h3H,2H2,1H3,(H,13,14). The molecule has 6 heteroatoms. The summed E-state index contributed by atoms with van der Waals surface area (Å²) in [5.74, 6) is -3.90. The topological polar surface area (TPSA) is 46.5 Å². The molecule has 1 rings (SSSR count). The number of rotatable bonds is 3. The number of carboxylic acid groups (broad SMARTS) is 1. The first kappa shape index (κ1) is 11.7. The Morgan fingerprint density at radius 2 is 2.20 bits per heavy atom. The first-order valence-electron chi connectivity index (χ1n) is 3.89. The van der Waals surface area contributed by atoms with Gasteiger partial charge in [-0.25, -0.2) is 8.78 Å². The van der Waals surface area contributed by atoms with Crippen molar-refractivity contribution in [2.45, 2.75) is 6.42 Å². The third kappa shape index (κ3) is 2.36. The molecule has 3 nitrogen and oxygen atoms in total. The van der Waals surface area contributed by atoms with Gasteiger partial charge in [-0.2, -0.15) is 0 Å². The molecule has 1 aromatic rings. The molecule has 0 amide bonds. The third-order valence-corrected chi connectivity index (χ3v) is 2.03. The van der Waals surface area contributed by atoms with Crippen LogP contribution in [0.15, 0.2) is 6.07 Å². The predicted molar refractivity (Wildman–Crippen MR) is 49.3 cm³/mol. The zero-order valence-corrected chi connectivity index (χ0v) is 8.44. The van der Waals surface area contributed by atoms with E-state index < -0.39 is 29.6 Å². The van der Waals surface area contributed by atoms with Crippen LogP contribution in [0.2, 0.25) is 5.02 Å². The molecule has 0 bridgehead atoms. The minimum atomic E-state index is -1.30. The highest BCUT2D eigenvalue weighted by Gasteiger charge is 2.20. The highest BCUT2D eigenvalue weighted by molar-refractivity contribution is 6.32. The molecule has 1 N–H and O–H groups in total. The minimum absolute atomic E-state index is 0.155. The SMILES string of the molecule is COc1c(Cl)cc(F)c(F)c1CC(=O)O. The van der Waals surface area contributed by atoms with Gasteiger partial charge < -0.3 is 9.84 Å². The van der Waals surface area contributed by atoms with Crippen molar-refractivity contribution >= 4 is 17.6 Å². The van der Waals surface area contributed by atoms with Gasteiger partial charge in [-0.05, 0) is 6.07 Å². The van der Waals surface area contributed by atoms with Crippen LogP contribution in [0, 0.1) is 11.6 Å². The molecule has 0 aliphatic carbocycles. The van der Waals surface area contributed by atoms with Crippen LogP contribution in [0.1, 0.15) is 5.56 Å². The van der Waals surface area contributed by atoms with Crippen molar-refractivity contribution in [3.63, 3.8) is 0 Å². The van der Waals surface area contributed by atoms with E-state index in [1.807, 2.05) is 0 Å². The lowest BCUT2D eigenvalue weighted by Gasteiger charge is -2.10. The second-order valence-electron chi connectivity index (χ2n) is 2.74. The molecule has 0 spiro atoms. The molecule has 0 radical (unpaired) electrons. The van der Waals surface area contributed by atoms with E-state index in [-0.39, 0.29) is 10.8 Å². The third-order valence-electron chi connectivity index (χ3n) is 1.75. The summed E-state index contributed by atoms with van der Waals surface area (Å²) in [5.41, 5.74) is -0.394. The average Bonchev–Trinajstić information content (AvgIpc) is 2.13. The number of aliphatic carboxylic acids is 1. The highest BCUT2D eigenvalue weighted by Crippen LogP contribution is 2.32. The molecule has 0 unspecified atom stereocenters. The summed E-state index contributed by atoms with van der Waals surface area (Å²) >= 11 is 5.57. The summed E-state index contributed by atoms with van der Waals surface area (Å²) in [6, 6.07) is 0.737. The number of halogens is 3. The van der Waals surface area contributed by atoms with Gasteiger partial charge in [0.2, 0.25) is 0 Å². The summed E-state index contributed by atoms with van der Waals surface area (Å²) in [7, 11) is 1.20. The zero-order chi connectivity index (χ0) is 11.6. The molecule has 15 heavy (non-hydrogen) atoms. The fourth-order valence-corrected chi connectivity index (χ4v) is 1.44. The minimum Gasteiger partial charge on any atom is -0.495 e. The van der Waals surface area contributed by atoms with Gasteiger partial charge >= 0.3 is 5.97 Å². The normalized spacial score (nSPS) is 10.1. The fraction of sp³-hybridized carbons (Fsp3) is 0.222. The van der Waals surface area contributed by atoms with Crippen LogP contribution in [0.25, 0.3) is 0 Å². The Morgan fingerprint density at radius 3 is 2.67 bits per heavy atom. The Hall–Kier alpha value is -1.36. The van der Waals surface area contributed by atoms with Gasteiger partial charge in [0.15, 0.2) is 11.6 Å². The Kier molecular flexibility index (Phi) is 3.47. The van der Waals surface area contributed by atoms with E-state index in [2.05, 4.69) is 0 Å². The van der Waals surface area contributed by atoms with Gasteiger partial charge in [0, 0.05) is 5.56 Å². The number of ether oxygens (including phenoxy) is 1. The van der Waals surface area contributed by atoms with E-state index in [1.54, 1.807) is 0 Å². The maximum atomic E-state index is 13.2. The molecule has 1 aromatic carbocycles. The Bertz CT molecular complexity index is 407. The number of benzene rings is 1. The number of carboxylic acids is 1. The molecule has 0 saturated heterocycles. The van der Waals surface area contributed by atoms with Crippen LogP contribution in [0.5, 0.6) is 5.75 Å². The van der Waals surface area contributed by atoms with Crippen LogP contribution in [0.4, 0.5) is 8.78 Å². The van der Waals surface area contributed by atoms with Crippen molar-refractivity contribution in [1.82, 2.24) is 0 Å². The lowest BCUT2D eigenvalue weighted by Crippen LogP contribution is -2.07. The van der Waals surface area contributed by atoms with Gasteiger partial charge in [-0.1, -0.05) is 11.6 Å². The second-order valence-corrected chi connectivity index (χ2v) is 3.14. The Balaban J connectivity index is 3.36. The number of hydrogen-bond acceptors (Lipinski definition) is 2. The van der Waals surface area contributed by atoms with Gasteiger partial charge in [0.25, 0.3) is 0 Å². The van der Waals surface area contributed by atoms with E-state index in [0.717, 1.165) is 6.07 Å². The predicted octanol–water partition coefficient (Wildman–Crippen LogP) is 2.25. The van der Waals surface area contributed by atoms with Crippen molar-refractivity contribution in [3.8, 4) is 5.75 Å². The van der Waals surface area contributed by atoms with Gasteiger partial charge in [0.05, 0.1) is 18.6 Å². The molecule has 0 saturated carbocycles. The molecular weight excluding hydrogens is 230 g/mol. The first-order valence-corrected chi connectivity index (χ1v) is 4.27. The summed E-state index contributed by atoms with van der Waals surface area (Å²) in [6.07, 6.45) is -0.688. The summed E-state index contributed by atoms with van der Waals surface area (Å²) in [6.45, 7) is 0. The second kappa shape index (κ2) is 4.44. The van der Waals surface area contributed by atoms with E-state index in [1.165, 1.54) is 7.11 Å². The van der Waals surface area contributed by atoms with E-state index in [0.29, 0.717) is 0 Å². The highest BCUT2D eigenvalue weighted by atomic mass is 35.5. The van der Waals surface area contributed by atoms with Crippen LogP contribution in [-0.4, -0.2) is 18.2 Å². The van der Waals surface area contributed by atoms with E-state index in [9.17, 15) is 13.6 Å².